The summed E-state index contributed by atoms with van der Waals surface area (Å²) in [5.41, 5.74) is -2.49. The zero-order valence-electron chi connectivity index (χ0n) is 19.7. The van der Waals surface area contributed by atoms with E-state index in [1.165, 1.54) is 0 Å². The molecule has 3 aliphatic rings. The minimum atomic E-state index is -4.92. The molecule has 0 bridgehead atoms. The predicted octanol–water partition coefficient (Wildman–Crippen LogP) is 5.44. The summed E-state index contributed by atoms with van der Waals surface area (Å²) in [6, 6.07) is 8.84. The maximum atomic E-state index is 14.3. The first kappa shape index (κ1) is 26.5. The van der Waals surface area contributed by atoms with Crippen molar-refractivity contribution in [1.29, 1.82) is 5.26 Å². The molecule has 0 spiro atoms. The Bertz CT molecular complexity index is 1350. The van der Waals surface area contributed by atoms with E-state index in [2.05, 4.69) is 16.5 Å². The Labute approximate surface area is 224 Å². The molecule has 1 amide bonds. The number of fused-ring (bicyclic) bond motifs is 1. The van der Waals surface area contributed by atoms with E-state index in [0.29, 0.717) is 31.6 Å². The van der Waals surface area contributed by atoms with Crippen LogP contribution in [0.2, 0.25) is 10.0 Å². The fraction of sp³-hybridized carbons (Fsp3) is 0.400. The van der Waals surface area contributed by atoms with Crippen LogP contribution in [-0.4, -0.2) is 41.6 Å². The van der Waals surface area contributed by atoms with E-state index in [-0.39, 0.29) is 18.9 Å². The van der Waals surface area contributed by atoms with E-state index in [9.17, 15) is 27.6 Å². The lowest BCUT2D eigenvalue weighted by atomic mass is 9.89. The van der Waals surface area contributed by atoms with Crippen molar-refractivity contribution < 1.29 is 31.9 Å². The molecule has 0 aliphatic carbocycles. The molecule has 200 valence electrons. The molecule has 13 heteroatoms. The number of ether oxygens (including phenoxy) is 1. The summed E-state index contributed by atoms with van der Waals surface area (Å²) in [7, 11) is 0. The Morgan fingerprint density at radius 1 is 1.11 bits per heavy atom. The number of carbonyl (C=O) groups excluding carboxylic acids is 1. The zero-order chi connectivity index (χ0) is 27.3. The van der Waals surface area contributed by atoms with Crippen LogP contribution >= 0.6 is 23.2 Å². The van der Waals surface area contributed by atoms with Gasteiger partial charge in [0.15, 0.2) is 5.82 Å². The van der Waals surface area contributed by atoms with Gasteiger partial charge in [-0.3, -0.25) is 4.79 Å². The molecule has 1 atom stereocenters. The van der Waals surface area contributed by atoms with Crippen molar-refractivity contribution in [2.45, 2.75) is 49.7 Å². The fourth-order valence-corrected chi connectivity index (χ4v) is 5.33. The number of benzene rings is 2. The van der Waals surface area contributed by atoms with E-state index in [1.54, 1.807) is 23.1 Å². The number of nitrogens with one attached hydrogen (secondary N) is 1. The van der Waals surface area contributed by atoms with Gasteiger partial charge >= 0.3 is 6.18 Å². The highest BCUT2D eigenvalue weighted by atomic mass is 35.5. The number of carbonyl (C=O) groups is 1. The minimum Gasteiger partial charge on any atom is -0.381 e. The van der Waals surface area contributed by atoms with Crippen LogP contribution in [0.5, 0.6) is 0 Å². The summed E-state index contributed by atoms with van der Waals surface area (Å²) < 4.78 is 62.1. The molecule has 0 saturated carbocycles. The second-order valence-corrected chi connectivity index (χ2v) is 10.3. The molecule has 1 fully saturated rings. The summed E-state index contributed by atoms with van der Waals surface area (Å²) in [5, 5.41) is 15.0. The number of halogens is 6. The number of oxime groups is 1. The first-order chi connectivity index (χ1) is 18.0. The van der Waals surface area contributed by atoms with E-state index < -0.39 is 51.1 Å². The molecule has 1 N–H and O–H groups in total. The van der Waals surface area contributed by atoms with Crippen molar-refractivity contribution in [1.82, 2.24) is 10.2 Å². The highest BCUT2D eigenvalue weighted by Crippen LogP contribution is 2.50. The van der Waals surface area contributed by atoms with Crippen molar-refractivity contribution in [2.24, 2.45) is 5.16 Å². The van der Waals surface area contributed by atoms with Crippen LogP contribution in [0.3, 0.4) is 0 Å². The third kappa shape index (κ3) is 4.55. The lowest BCUT2D eigenvalue weighted by Gasteiger charge is -2.31. The average Bonchev–Trinajstić information content (AvgIpc) is 3.52. The Balaban J connectivity index is 1.34. The number of amides is 1. The van der Waals surface area contributed by atoms with Gasteiger partial charge in [0, 0.05) is 50.3 Å². The number of alkyl halides is 3. The van der Waals surface area contributed by atoms with Gasteiger partial charge in [-0.2, -0.15) is 18.4 Å². The molecule has 2 aromatic carbocycles. The van der Waals surface area contributed by atoms with Gasteiger partial charge in [-0.1, -0.05) is 34.4 Å². The second-order valence-electron chi connectivity index (χ2n) is 9.45. The van der Waals surface area contributed by atoms with Crippen molar-refractivity contribution in [3.8, 4) is 6.07 Å². The lowest BCUT2D eigenvalue weighted by molar-refractivity contribution is -0.275. The van der Waals surface area contributed by atoms with Crippen LogP contribution in [-0.2, 0) is 28.3 Å². The van der Waals surface area contributed by atoms with Gasteiger partial charge in [0.05, 0.1) is 22.5 Å². The van der Waals surface area contributed by atoms with Crippen LogP contribution in [0, 0.1) is 17.1 Å². The topological polar surface area (TPSA) is 87.0 Å². The van der Waals surface area contributed by atoms with Gasteiger partial charge in [-0.05, 0) is 35.4 Å². The van der Waals surface area contributed by atoms with Crippen LogP contribution < -0.4 is 5.32 Å². The first-order valence-corrected chi connectivity index (χ1v) is 12.4. The van der Waals surface area contributed by atoms with Crippen molar-refractivity contribution in [2.75, 3.05) is 13.2 Å². The van der Waals surface area contributed by atoms with Crippen molar-refractivity contribution >= 4 is 34.9 Å². The summed E-state index contributed by atoms with van der Waals surface area (Å²) in [5.74, 6) is -1.41. The lowest BCUT2D eigenvalue weighted by Crippen LogP contribution is -2.50. The number of hydrogen-bond acceptors (Lipinski definition) is 6. The number of amidine groups is 1. The monoisotopic (exact) mass is 570 g/mol. The van der Waals surface area contributed by atoms with Gasteiger partial charge in [0.25, 0.3) is 11.5 Å². The van der Waals surface area contributed by atoms with Gasteiger partial charge in [-0.25, -0.2) is 4.39 Å². The second kappa shape index (κ2) is 9.59. The average molecular weight is 571 g/mol. The molecule has 1 saturated heterocycles. The molecule has 3 aliphatic heterocycles. The quantitative estimate of drug-likeness (QED) is 0.392. The molecule has 0 aromatic heterocycles. The van der Waals surface area contributed by atoms with Crippen LogP contribution in [0.4, 0.5) is 17.6 Å². The van der Waals surface area contributed by atoms with E-state index in [4.69, 9.17) is 32.8 Å². The standard InChI is InChI=1S/C25H20Cl2F4N4O3/c26-18-8-17(9-19(27)21(18)28)24(25(29,30)31)10-20(34-38-24)35-11-15-2-1-14(7-16(15)12-35)22(36)33-23(13-32)3-5-37-6-4-23/h1-2,7-9H,3-6,10-12H2,(H,33,36). The van der Waals surface area contributed by atoms with Gasteiger partial charge in [0.2, 0.25) is 0 Å². The van der Waals surface area contributed by atoms with Crippen molar-refractivity contribution in [3.63, 3.8) is 0 Å². The molecule has 1 unspecified atom stereocenters. The third-order valence-corrected chi connectivity index (χ3v) is 7.64. The Morgan fingerprint density at radius 3 is 2.39 bits per heavy atom. The Hall–Kier alpha value is -3.07. The van der Waals surface area contributed by atoms with E-state index in [1.807, 2.05) is 0 Å². The Morgan fingerprint density at radius 2 is 1.76 bits per heavy atom. The van der Waals surface area contributed by atoms with Gasteiger partial charge < -0.3 is 19.8 Å². The van der Waals surface area contributed by atoms with Crippen molar-refractivity contribution in [3.05, 3.63) is 68.4 Å². The number of rotatable bonds is 3. The molecule has 3 heterocycles. The Kier molecular flexibility index (Phi) is 6.70. The number of hydrogen-bond donors (Lipinski definition) is 1. The maximum Gasteiger partial charge on any atom is 0.435 e. The normalized spacial score (nSPS) is 22.3. The molecule has 7 nitrogen and oxygen atoms in total. The molecular weight excluding hydrogens is 551 g/mol. The molecule has 38 heavy (non-hydrogen) atoms. The molecule has 0 radical (unpaired) electrons. The summed E-state index contributed by atoms with van der Waals surface area (Å²) in [6.45, 7) is 1.17. The summed E-state index contributed by atoms with van der Waals surface area (Å²) in [4.78, 5) is 19.5. The molecule has 2 aromatic rings. The molecular formula is C25H20Cl2F4N4O3. The van der Waals surface area contributed by atoms with Gasteiger partial charge in [0.1, 0.15) is 11.4 Å². The number of nitrogens with zero attached hydrogens (tertiary/aromatic N) is 3. The molecule has 5 rings (SSSR count). The smallest absolute Gasteiger partial charge is 0.381 e. The SMILES string of the molecule is N#CC1(NC(=O)c2ccc3c(c2)CN(C2=NOC(c4cc(Cl)c(F)c(Cl)c4)(C(F)(F)F)C2)C3)CCOCC1. The van der Waals surface area contributed by atoms with Gasteiger partial charge in [-0.15, -0.1) is 0 Å². The van der Waals surface area contributed by atoms with Crippen LogP contribution in [0.25, 0.3) is 0 Å². The fourth-order valence-electron chi connectivity index (χ4n) is 4.84. The first-order valence-electron chi connectivity index (χ1n) is 11.6. The zero-order valence-corrected chi connectivity index (χ0v) is 21.2. The van der Waals surface area contributed by atoms with E-state index in [0.717, 1.165) is 23.3 Å². The minimum absolute atomic E-state index is 0.0340. The highest BCUT2D eigenvalue weighted by Gasteiger charge is 2.63. The predicted molar refractivity (Wildman–Crippen MR) is 129 cm³/mol. The summed E-state index contributed by atoms with van der Waals surface area (Å²) in [6.07, 6.45) is -4.84. The third-order valence-electron chi connectivity index (χ3n) is 7.09. The summed E-state index contributed by atoms with van der Waals surface area (Å²) >= 11 is 11.5. The number of nitriles is 1. The van der Waals surface area contributed by atoms with Crippen LogP contribution in [0.1, 0.15) is 46.3 Å². The van der Waals surface area contributed by atoms with Crippen LogP contribution in [0.15, 0.2) is 35.5 Å². The largest absolute Gasteiger partial charge is 0.435 e. The maximum absolute atomic E-state index is 14.3. The van der Waals surface area contributed by atoms with E-state index >= 15 is 0 Å². The highest BCUT2D eigenvalue weighted by molar-refractivity contribution is 6.35.